The van der Waals surface area contributed by atoms with Crippen molar-refractivity contribution in [3.63, 3.8) is 0 Å². The van der Waals surface area contributed by atoms with Gasteiger partial charge in [0.25, 0.3) is 10.0 Å². The summed E-state index contributed by atoms with van der Waals surface area (Å²) >= 11 is 6.01. The Morgan fingerprint density at radius 3 is 2.43 bits per heavy atom. The van der Waals surface area contributed by atoms with Crippen LogP contribution >= 0.6 is 11.6 Å². The maximum atomic E-state index is 13.4. The molecule has 0 spiro atoms. The molecule has 1 aliphatic rings. The summed E-state index contributed by atoms with van der Waals surface area (Å²) in [7, 11) is -3.69. The number of aromatic nitrogens is 1. The quantitative estimate of drug-likeness (QED) is 0.621. The van der Waals surface area contributed by atoms with Gasteiger partial charge in [-0.15, -0.1) is 0 Å². The van der Waals surface area contributed by atoms with Gasteiger partial charge in [-0.3, -0.25) is 0 Å². The molecule has 6 heteroatoms. The molecule has 3 aromatic rings. The van der Waals surface area contributed by atoms with E-state index in [1.165, 1.54) is 4.31 Å². The first-order valence-electron chi connectivity index (χ1n) is 9.09. The van der Waals surface area contributed by atoms with Crippen LogP contribution in [0.3, 0.4) is 0 Å². The first-order chi connectivity index (χ1) is 13.3. The molecule has 0 unspecified atom stereocenters. The number of halogens is 1. The lowest BCUT2D eigenvalue weighted by atomic mass is 9.79. The molecule has 0 aliphatic carbocycles. The lowest BCUT2D eigenvalue weighted by molar-refractivity contribution is 0.504. The number of fused-ring (bicyclic) bond motifs is 1. The van der Waals surface area contributed by atoms with Gasteiger partial charge in [0.2, 0.25) is 0 Å². The second kappa shape index (κ2) is 6.90. The van der Waals surface area contributed by atoms with Gasteiger partial charge in [-0.2, -0.15) is 0 Å². The molecule has 0 N–H and O–H groups in total. The molecule has 0 saturated carbocycles. The van der Waals surface area contributed by atoms with Gasteiger partial charge >= 0.3 is 0 Å². The molecule has 0 saturated heterocycles. The van der Waals surface area contributed by atoms with Gasteiger partial charge < -0.3 is 0 Å². The zero-order chi connectivity index (χ0) is 19.9. The second-order valence-corrected chi connectivity index (χ2v) is 9.86. The van der Waals surface area contributed by atoms with Crippen molar-refractivity contribution in [3.8, 4) is 0 Å². The van der Waals surface area contributed by atoms with Crippen molar-refractivity contribution in [2.45, 2.75) is 30.6 Å². The Bertz CT molecular complexity index is 1110. The largest absolute Gasteiger partial charge is 0.265 e. The zero-order valence-electron chi connectivity index (χ0n) is 15.8. The number of aryl methyl sites for hydroxylation is 1. The van der Waals surface area contributed by atoms with Crippen molar-refractivity contribution in [2.75, 3.05) is 10.8 Å². The van der Waals surface area contributed by atoms with E-state index in [-0.39, 0.29) is 10.3 Å². The molecule has 1 aliphatic heterocycles. The number of sulfonamides is 1. The number of pyridine rings is 1. The molecule has 0 radical (unpaired) electrons. The molecule has 2 aromatic carbocycles. The molecule has 1 aromatic heterocycles. The first-order valence-corrected chi connectivity index (χ1v) is 10.9. The topological polar surface area (TPSA) is 50.3 Å². The van der Waals surface area contributed by atoms with Crippen LogP contribution in [0.4, 0.5) is 5.82 Å². The summed E-state index contributed by atoms with van der Waals surface area (Å²) in [6.07, 6.45) is 2.34. The Hall–Kier alpha value is -2.37. The van der Waals surface area contributed by atoms with Crippen LogP contribution < -0.4 is 4.31 Å². The highest BCUT2D eigenvalue weighted by Gasteiger charge is 2.44. The predicted molar refractivity (Wildman–Crippen MR) is 112 cm³/mol. The van der Waals surface area contributed by atoms with E-state index in [0.717, 1.165) is 16.7 Å². The van der Waals surface area contributed by atoms with E-state index in [4.69, 9.17) is 11.6 Å². The number of hydrogen-bond donors (Lipinski definition) is 0. The Morgan fingerprint density at radius 1 is 1.07 bits per heavy atom. The van der Waals surface area contributed by atoms with Gasteiger partial charge in [-0.05, 0) is 49.2 Å². The Balaban J connectivity index is 1.75. The summed E-state index contributed by atoms with van der Waals surface area (Å²) in [5.41, 5.74) is 2.69. The Morgan fingerprint density at radius 2 is 1.75 bits per heavy atom. The minimum atomic E-state index is -3.69. The average Bonchev–Trinajstić information content (AvgIpc) is 2.98. The van der Waals surface area contributed by atoms with Crippen LogP contribution in [0, 0.1) is 6.92 Å². The zero-order valence-corrected chi connectivity index (χ0v) is 17.3. The van der Waals surface area contributed by atoms with E-state index in [1.807, 2.05) is 55.5 Å². The highest BCUT2D eigenvalue weighted by atomic mass is 35.5. The Labute approximate surface area is 170 Å². The monoisotopic (exact) mass is 412 g/mol. The fourth-order valence-electron chi connectivity index (χ4n) is 3.78. The van der Waals surface area contributed by atoms with Gasteiger partial charge in [0.05, 0.1) is 4.90 Å². The minimum absolute atomic E-state index is 0.283. The van der Waals surface area contributed by atoms with Crippen molar-refractivity contribution < 1.29 is 8.42 Å². The predicted octanol–water partition coefficient (Wildman–Crippen LogP) is 4.75. The molecule has 28 heavy (non-hydrogen) atoms. The molecule has 1 atom stereocenters. The molecule has 4 nitrogen and oxygen atoms in total. The third-order valence-corrected chi connectivity index (χ3v) is 7.28. The normalized spacial score (nSPS) is 18.9. The van der Waals surface area contributed by atoms with E-state index in [9.17, 15) is 8.42 Å². The minimum Gasteiger partial charge on any atom is -0.249 e. The van der Waals surface area contributed by atoms with Crippen LogP contribution in [-0.2, 0) is 21.9 Å². The highest BCUT2D eigenvalue weighted by molar-refractivity contribution is 7.92. The molecular weight excluding hydrogens is 392 g/mol. The van der Waals surface area contributed by atoms with Crippen LogP contribution in [0.1, 0.15) is 23.6 Å². The molecule has 0 bridgehead atoms. The van der Waals surface area contributed by atoms with Gasteiger partial charge in [0, 0.05) is 28.7 Å². The summed E-state index contributed by atoms with van der Waals surface area (Å²) in [6, 6.07) is 18.5. The average molecular weight is 413 g/mol. The van der Waals surface area contributed by atoms with Crippen LogP contribution in [0.25, 0.3) is 0 Å². The fourth-order valence-corrected chi connectivity index (χ4v) is 5.47. The molecular formula is C22H21ClN2O2S. The van der Waals surface area contributed by atoms with Crippen LogP contribution in [-0.4, -0.2) is 19.9 Å². The van der Waals surface area contributed by atoms with Gasteiger partial charge in [-0.1, -0.05) is 54.4 Å². The fraction of sp³-hybridized carbons (Fsp3) is 0.227. The van der Waals surface area contributed by atoms with E-state index < -0.39 is 10.0 Å². The van der Waals surface area contributed by atoms with E-state index >= 15 is 0 Å². The standard InChI is InChI=1S/C22H21ClN2O2S/c1-16-5-11-19(12-6-16)28(26,27)25-15-22(2,20-4-3-13-24-21(20)25)14-17-7-9-18(23)10-8-17/h3-13H,14-15H2,1-2H3/t22-/m1/s1. The maximum Gasteiger partial charge on any atom is 0.265 e. The third kappa shape index (κ3) is 3.29. The lowest BCUT2D eigenvalue weighted by Crippen LogP contribution is -2.36. The maximum absolute atomic E-state index is 13.4. The number of anilines is 1. The summed E-state index contributed by atoms with van der Waals surface area (Å²) in [5.74, 6) is 0.513. The van der Waals surface area contributed by atoms with Crippen molar-refractivity contribution in [1.82, 2.24) is 4.98 Å². The summed E-state index contributed by atoms with van der Waals surface area (Å²) < 4.78 is 28.2. The second-order valence-electron chi connectivity index (χ2n) is 7.56. The number of hydrogen-bond acceptors (Lipinski definition) is 3. The SMILES string of the molecule is Cc1ccc(S(=O)(=O)N2C[C@@](C)(Cc3ccc(Cl)cc3)c3cccnc32)cc1. The molecule has 0 amide bonds. The number of nitrogens with zero attached hydrogens (tertiary/aromatic N) is 2. The van der Waals surface area contributed by atoms with E-state index in [0.29, 0.717) is 23.8 Å². The van der Waals surface area contributed by atoms with Gasteiger partial charge in [-0.25, -0.2) is 17.7 Å². The number of rotatable bonds is 4. The van der Waals surface area contributed by atoms with Crippen molar-refractivity contribution >= 4 is 27.4 Å². The van der Waals surface area contributed by atoms with E-state index in [1.54, 1.807) is 18.3 Å². The van der Waals surface area contributed by atoms with E-state index in [2.05, 4.69) is 11.9 Å². The summed E-state index contributed by atoms with van der Waals surface area (Å²) in [5, 5.41) is 0.686. The molecule has 144 valence electrons. The lowest BCUT2D eigenvalue weighted by Gasteiger charge is -2.26. The molecule has 0 fully saturated rings. The third-order valence-electron chi connectivity index (χ3n) is 5.28. The van der Waals surface area contributed by atoms with Crippen LogP contribution in [0.2, 0.25) is 5.02 Å². The summed E-state index contributed by atoms with van der Waals surface area (Å²) in [6.45, 7) is 4.37. The van der Waals surface area contributed by atoms with Gasteiger partial charge in [0.1, 0.15) is 5.82 Å². The van der Waals surface area contributed by atoms with Crippen molar-refractivity contribution in [1.29, 1.82) is 0 Å². The smallest absolute Gasteiger partial charge is 0.249 e. The van der Waals surface area contributed by atoms with Crippen molar-refractivity contribution in [2.24, 2.45) is 0 Å². The molecule has 2 heterocycles. The number of benzene rings is 2. The molecule has 4 rings (SSSR count). The first kappa shape index (κ1) is 19.0. The van der Waals surface area contributed by atoms with Gasteiger partial charge in [0.15, 0.2) is 0 Å². The highest BCUT2D eigenvalue weighted by Crippen LogP contribution is 2.43. The van der Waals surface area contributed by atoms with Crippen LogP contribution in [0.5, 0.6) is 0 Å². The summed E-state index contributed by atoms with van der Waals surface area (Å²) in [4.78, 5) is 4.71. The Kier molecular flexibility index (Phi) is 4.68. The van der Waals surface area contributed by atoms with Crippen molar-refractivity contribution in [3.05, 3.63) is 88.6 Å². The van der Waals surface area contributed by atoms with Crippen LogP contribution in [0.15, 0.2) is 71.8 Å².